The molecule has 2 atom stereocenters. The van der Waals surface area contributed by atoms with Crippen LogP contribution in [0.25, 0.3) is 11.3 Å². The van der Waals surface area contributed by atoms with Gasteiger partial charge in [0.15, 0.2) is 29.2 Å². The quantitative estimate of drug-likeness (QED) is 0.465. The number of aromatic nitrogens is 1. The van der Waals surface area contributed by atoms with Crippen LogP contribution < -0.4 is 10.9 Å². The van der Waals surface area contributed by atoms with Crippen LogP contribution in [0.1, 0.15) is 27.2 Å². The van der Waals surface area contributed by atoms with Gasteiger partial charge in [-0.05, 0) is 29.7 Å². The first-order valence-electron chi connectivity index (χ1n) is 11.4. The summed E-state index contributed by atoms with van der Waals surface area (Å²) in [5.41, 5.74) is 3.43. The number of halogens is 2. The lowest BCUT2D eigenvalue weighted by molar-refractivity contribution is -0.157. The Kier molecular flexibility index (Phi) is 5.46. The molecule has 3 aromatic rings. The molecule has 6 rings (SSSR count). The Morgan fingerprint density at radius 3 is 2.73 bits per heavy atom. The summed E-state index contributed by atoms with van der Waals surface area (Å²) in [6, 6.07) is 9.54. The molecule has 3 aliphatic rings. The van der Waals surface area contributed by atoms with Crippen LogP contribution in [0.15, 0.2) is 46.1 Å². The summed E-state index contributed by atoms with van der Waals surface area (Å²) in [7, 11) is 0. The van der Waals surface area contributed by atoms with Gasteiger partial charge in [-0.1, -0.05) is 18.2 Å². The van der Waals surface area contributed by atoms with Crippen molar-refractivity contribution in [2.75, 3.05) is 18.6 Å². The zero-order valence-electron chi connectivity index (χ0n) is 19.0. The number of aromatic hydroxyl groups is 1. The molecular weight excluding hydrogens is 508 g/mol. The Balaban J connectivity index is 1.55. The summed E-state index contributed by atoms with van der Waals surface area (Å²) in [5, 5.41) is 19.9. The van der Waals surface area contributed by atoms with E-state index >= 15 is 4.39 Å². The van der Waals surface area contributed by atoms with Crippen molar-refractivity contribution in [3.63, 3.8) is 0 Å². The second-order valence-corrected chi connectivity index (χ2v) is 9.96. The maximum atomic E-state index is 15.0. The Bertz CT molecular complexity index is 1560. The van der Waals surface area contributed by atoms with Crippen molar-refractivity contribution in [3.8, 4) is 17.0 Å². The fourth-order valence-corrected chi connectivity index (χ4v) is 6.08. The minimum Gasteiger partial charge on any atom is -0.502 e. The van der Waals surface area contributed by atoms with E-state index in [1.165, 1.54) is 21.3 Å². The van der Waals surface area contributed by atoms with Crippen molar-refractivity contribution >= 4 is 23.6 Å². The fourth-order valence-electron chi connectivity index (χ4n) is 4.98. The highest BCUT2D eigenvalue weighted by Gasteiger charge is 2.42. The minimum atomic E-state index is -1.27. The third-order valence-corrected chi connectivity index (χ3v) is 7.97. The molecule has 0 saturated carbocycles. The summed E-state index contributed by atoms with van der Waals surface area (Å²) < 4.78 is 36.4. The lowest BCUT2D eigenvalue weighted by atomic mass is 9.92. The van der Waals surface area contributed by atoms with Crippen LogP contribution in [-0.4, -0.2) is 57.1 Å². The first-order valence-corrected chi connectivity index (χ1v) is 12.3. The predicted molar refractivity (Wildman–Crippen MR) is 128 cm³/mol. The van der Waals surface area contributed by atoms with Crippen molar-refractivity contribution in [2.24, 2.45) is 0 Å². The van der Waals surface area contributed by atoms with Crippen LogP contribution in [0.4, 0.5) is 8.78 Å². The fraction of sp³-hybridized carbons (Fsp3) is 0.240. The van der Waals surface area contributed by atoms with Gasteiger partial charge in [-0.25, -0.2) is 18.3 Å². The number of pyridine rings is 1. The molecule has 12 heteroatoms. The maximum absolute atomic E-state index is 15.0. The third kappa shape index (κ3) is 3.66. The number of nitrogens with zero attached hydrogens (tertiary/aromatic N) is 2. The van der Waals surface area contributed by atoms with E-state index in [9.17, 15) is 29.0 Å². The smallest absolute Gasteiger partial charge is 0.334 e. The molecule has 3 N–H and O–H groups in total. The molecule has 3 aliphatic heterocycles. The summed E-state index contributed by atoms with van der Waals surface area (Å²) in [5.74, 6) is -4.81. The van der Waals surface area contributed by atoms with Crippen LogP contribution in [0.2, 0.25) is 0 Å². The topological polar surface area (TPSA) is 121 Å². The van der Waals surface area contributed by atoms with E-state index in [1.54, 1.807) is 0 Å². The van der Waals surface area contributed by atoms with Gasteiger partial charge in [0.2, 0.25) is 5.43 Å². The molecular formula is C25H19F2N3O6S. The highest BCUT2D eigenvalue weighted by Crippen LogP contribution is 2.40. The van der Waals surface area contributed by atoms with Crippen LogP contribution in [0.5, 0.6) is 5.75 Å². The second kappa shape index (κ2) is 8.60. The van der Waals surface area contributed by atoms with Gasteiger partial charge in [0.25, 0.3) is 5.91 Å². The predicted octanol–water partition coefficient (Wildman–Crippen LogP) is 2.50. The van der Waals surface area contributed by atoms with Crippen LogP contribution >= 0.6 is 11.8 Å². The molecule has 37 heavy (non-hydrogen) atoms. The van der Waals surface area contributed by atoms with E-state index in [2.05, 4.69) is 5.43 Å². The van der Waals surface area contributed by atoms with Gasteiger partial charge in [-0.2, -0.15) is 0 Å². The second-order valence-electron chi connectivity index (χ2n) is 8.94. The number of nitrogens with one attached hydrogen (secondary N) is 1. The van der Waals surface area contributed by atoms with E-state index in [0.29, 0.717) is 5.56 Å². The first-order chi connectivity index (χ1) is 17.7. The molecule has 1 unspecified atom stereocenters. The average Bonchev–Trinajstić information content (AvgIpc) is 3.08. The number of thioether (sulfide) groups is 1. The number of fused-ring (bicyclic) bond motifs is 4. The van der Waals surface area contributed by atoms with Crippen LogP contribution in [-0.2, 0) is 21.7 Å². The Morgan fingerprint density at radius 1 is 1.16 bits per heavy atom. The zero-order chi connectivity index (χ0) is 26.0. The van der Waals surface area contributed by atoms with E-state index in [1.807, 2.05) is 24.3 Å². The highest BCUT2D eigenvalue weighted by atomic mass is 32.2. The first kappa shape index (κ1) is 23.5. The molecule has 0 aliphatic carbocycles. The zero-order valence-corrected chi connectivity index (χ0v) is 19.8. The molecule has 1 amide bonds. The third-order valence-electron chi connectivity index (χ3n) is 6.82. The number of benzene rings is 2. The monoisotopic (exact) mass is 527 g/mol. The number of ether oxygens (including phenoxy) is 1. The van der Waals surface area contributed by atoms with E-state index in [4.69, 9.17) is 4.74 Å². The average molecular weight is 528 g/mol. The van der Waals surface area contributed by atoms with Crippen molar-refractivity contribution in [1.29, 1.82) is 0 Å². The highest BCUT2D eigenvalue weighted by molar-refractivity contribution is 7.98. The Hall–Kier alpha value is -3.90. The van der Waals surface area contributed by atoms with Gasteiger partial charge in [-0.3, -0.25) is 9.59 Å². The molecule has 1 fully saturated rings. The number of hydrogen-bond donors (Lipinski definition) is 3. The number of carboxylic acids is 1. The molecule has 2 aromatic carbocycles. The van der Waals surface area contributed by atoms with Crippen LogP contribution in [0.3, 0.4) is 0 Å². The molecule has 0 radical (unpaired) electrons. The van der Waals surface area contributed by atoms with Crippen molar-refractivity contribution in [2.45, 2.75) is 29.3 Å². The summed E-state index contributed by atoms with van der Waals surface area (Å²) in [4.78, 5) is 39.7. The van der Waals surface area contributed by atoms with Crippen LogP contribution in [0, 0.1) is 11.6 Å². The maximum Gasteiger partial charge on any atom is 0.334 e. The summed E-state index contributed by atoms with van der Waals surface area (Å²) in [6.45, 7) is -0.493. The van der Waals surface area contributed by atoms with Gasteiger partial charge in [0, 0.05) is 27.8 Å². The summed E-state index contributed by atoms with van der Waals surface area (Å²) >= 11 is 1.38. The number of rotatable bonds is 2. The molecule has 9 nitrogen and oxygen atoms in total. The van der Waals surface area contributed by atoms with Crippen molar-refractivity contribution in [1.82, 2.24) is 9.58 Å². The number of carbonyl (C=O) groups excluding carboxylic acids is 1. The van der Waals surface area contributed by atoms with Gasteiger partial charge in [-0.15, -0.1) is 11.8 Å². The van der Waals surface area contributed by atoms with Crippen molar-refractivity contribution < 1.29 is 33.3 Å². The molecule has 0 bridgehead atoms. The van der Waals surface area contributed by atoms with Gasteiger partial charge >= 0.3 is 5.97 Å². The van der Waals surface area contributed by atoms with Gasteiger partial charge in [0.1, 0.15) is 6.17 Å². The summed E-state index contributed by atoms with van der Waals surface area (Å²) in [6.07, 6.45) is -1.84. The number of carbonyl (C=O) groups is 2. The van der Waals surface area contributed by atoms with Crippen molar-refractivity contribution in [3.05, 3.63) is 80.6 Å². The lowest BCUT2D eigenvalue weighted by Gasteiger charge is -2.43. The Labute approximate surface area is 212 Å². The number of morpholine rings is 1. The Morgan fingerprint density at radius 2 is 1.95 bits per heavy atom. The lowest BCUT2D eigenvalue weighted by Crippen LogP contribution is -2.62. The van der Waals surface area contributed by atoms with Gasteiger partial charge in [0.05, 0.1) is 18.8 Å². The number of amides is 1. The van der Waals surface area contributed by atoms with E-state index in [0.717, 1.165) is 22.6 Å². The molecule has 1 saturated heterocycles. The molecule has 4 heterocycles. The number of hydrogen-bond acceptors (Lipinski definition) is 7. The molecule has 190 valence electrons. The van der Waals surface area contributed by atoms with E-state index < -0.39 is 52.7 Å². The largest absolute Gasteiger partial charge is 0.502 e. The van der Waals surface area contributed by atoms with Gasteiger partial charge < -0.3 is 25.3 Å². The van der Waals surface area contributed by atoms with E-state index in [-0.39, 0.29) is 42.1 Å². The molecule has 1 aromatic heterocycles. The normalized spacial score (nSPS) is 20.2. The SMILES string of the molecule is O=C(O)C1CN2C(=O)c3c(O)c(=O)cc(-c4cc(F)c(F)c5c4Cc4ccccc4SC5)n3N[C@@H]2CO1. The molecule has 0 spiro atoms. The standard InChI is InChI=1S/C25H19F2N3O6S/c26-15-6-13(12-5-11-3-1-2-4-19(11)37-10-14(12)21(15)27)16-7-17(31)23(32)22-24(33)29-8-18(25(34)35)36-9-20(29)28-30(16)22/h1-4,6-7,18,20,28,32H,5,8-10H2,(H,34,35)/t18?,20-/m0/s1. The minimum absolute atomic E-state index is 0.0608. The number of carboxylic acid groups (broad SMARTS) is 1. The number of aliphatic carboxylic acids is 1.